The predicted octanol–water partition coefficient (Wildman–Crippen LogP) is 1.83. The number of carboxylic acids is 1. The number of aliphatic hydroxyl groups excluding tert-OH is 1. The summed E-state index contributed by atoms with van der Waals surface area (Å²) in [5.74, 6) is -1.23. The number of aliphatic hydroxyl groups is 1. The average molecular weight is 182 g/mol. The molecule has 72 valence electrons. The van der Waals surface area contributed by atoms with Gasteiger partial charge in [-0.15, -0.1) is 0 Å². The number of benzene rings is 1. The average Bonchev–Trinajstić information content (AvgIpc) is 2.21. The number of rotatable bonds is 2. The number of carboxylic acid groups (broad SMARTS) is 1. The lowest BCUT2D eigenvalue weighted by atomic mass is 10.1. The predicted molar refractivity (Wildman–Crippen MR) is 50.4 cm³/mol. The molecule has 1 unspecified atom stereocenters. The monoisotopic (exact) mass is 182 g/mol. The van der Waals surface area contributed by atoms with Crippen LogP contribution in [-0.4, -0.2) is 16.2 Å². The second-order valence-electron chi connectivity index (χ2n) is 2.15. The molecule has 0 radical (unpaired) electrons. The van der Waals surface area contributed by atoms with Crippen molar-refractivity contribution < 1.29 is 15.0 Å². The van der Waals surface area contributed by atoms with Gasteiger partial charge in [0, 0.05) is 0 Å². The summed E-state index contributed by atoms with van der Waals surface area (Å²) >= 11 is 0. The van der Waals surface area contributed by atoms with Crippen molar-refractivity contribution in [1.82, 2.24) is 0 Å². The fourth-order valence-corrected chi connectivity index (χ4v) is 0.778. The second-order valence-corrected chi connectivity index (χ2v) is 2.15. The van der Waals surface area contributed by atoms with E-state index in [0.717, 1.165) is 0 Å². The van der Waals surface area contributed by atoms with Gasteiger partial charge < -0.3 is 10.2 Å². The first kappa shape index (κ1) is 11.6. The van der Waals surface area contributed by atoms with Crippen LogP contribution in [0.2, 0.25) is 0 Å². The number of aliphatic carboxylic acids is 1. The second kappa shape index (κ2) is 6.20. The van der Waals surface area contributed by atoms with E-state index in [4.69, 9.17) is 10.2 Å². The summed E-state index contributed by atoms with van der Waals surface area (Å²) in [6.07, 6.45) is -1.41. The molecule has 0 aliphatic heterocycles. The van der Waals surface area contributed by atoms with Crippen molar-refractivity contribution in [3.8, 4) is 0 Å². The highest BCUT2D eigenvalue weighted by atomic mass is 16.4. The van der Waals surface area contributed by atoms with E-state index in [2.05, 4.69) is 0 Å². The third kappa shape index (κ3) is 3.71. The summed E-state index contributed by atoms with van der Waals surface area (Å²) < 4.78 is 0. The molecule has 13 heavy (non-hydrogen) atoms. The Hall–Kier alpha value is -1.35. The third-order valence-corrected chi connectivity index (χ3v) is 1.35. The van der Waals surface area contributed by atoms with E-state index in [-0.39, 0.29) is 0 Å². The minimum atomic E-state index is -1.41. The van der Waals surface area contributed by atoms with E-state index in [9.17, 15) is 4.79 Å². The van der Waals surface area contributed by atoms with Gasteiger partial charge >= 0.3 is 5.97 Å². The Morgan fingerprint density at radius 1 is 1.23 bits per heavy atom. The molecule has 1 aromatic carbocycles. The fraction of sp³-hybridized carbons (Fsp3) is 0.300. The lowest BCUT2D eigenvalue weighted by Gasteiger charge is -2.03. The summed E-state index contributed by atoms with van der Waals surface area (Å²) in [5, 5.41) is 17.4. The van der Waals surface area contributed by atoms with Crippen molar-refractivity contribution in [1.29, 1.82) is 0 Å². The van der Waals surface area contributed by atoms with Gasteiger partial charge in [-0.2, -0.15) is 0 Å². The van der Waals surface area contributed by atoms with Gasteiger partial charge in [-0.25, -0.2) is 4.79 Å². The molecule has 2 N–H and O–H groups in total. The Kier molecular flexibility index (Phi) is 5.55. The van der Waals surface area contributed by atoms with Crippen molar-refractivity contribution >= 4 is 5.97 Å². The molecule has 0 aromatic heterocycles. The zero-order chi connectivity index (χ0) is 10.3. The zero-order valence-electron chi connectivity index (χ0n) is 7.77. The highest BCUT2D eigenvalue weighted by molar-refractivity contribution is 5.73. The van der Waals surface area contributed by atoms with Gasteiger partial charge in [-0.1, -0.05) is 44.2 Å². The van der Waals surface area contributed by atoms with Crippen molar-refractivity contribution in [2.45, 2.75) is 20.0 Å². The molecule has 0 heterocycles. The Labute approximate surface area is 77.6 Å². The van der Waals surface area contributed by atoms with Crippen LogP contribution in [0.5, 0.6) is 0 Å². The molecular formula is C10H14O3. The maximum Gasteiger partial charge on any atom is 0.337 e. The van der Waals surface area contributed by atoms with Gasteiger partial charge in [-0.3, -0.25) is 0 Å². The van der Waals surface area contributed by atoms with Crippen LogP contribution in [0, 0.1) is 0 Å². The maximum absolute atomic E-state index is 10.2. The van der Waals surface area contributed by atoms with Crippen LogP contribution in [-0.2, 0) is 4.79 Å². The lowest BCUT2D eigenvalue weighted by Crippen LogP contribution is -2.09. The highest BCUT2D eigenvalue weighted by Crippen LogP contribution is 2.10. The molecule has 3 nitrogen and oxygen atoms in total. The van der Waals surface area contributed by atoms with E-state index in [1.807, 2.05) is 13.8 Å². The molecule has 0 fully saturated rings. The first-order valence-electron chi connectivity index (χ1n) is 4.17. The smallest absolute Gasteiger partial charge is 0.337 e. The number of carbonyl (C=O) groups is 1. The largest absolute Gasteiger partial charge is 0.479 e. The quantitative estimate of drug-likeness (QED) is 0.733. The van der Waals surface area contributed by atoms with Crippen molar-refractivity contribution in [3.63, 3.8) is 0 Å². The molecule has 0 bridgehead atoms. The topological polar surface area (TPSA) is 57.5 Å². The standard InChI is InChI=1S/C8H8O3.C2H6/c9-7(8(10)11)6-4-2-1-3-5-6;1-2/h1-5,7,9H,(H,10,11);1-2H3. The molecule has 3 heteroatoms. The molecule has 0 amide bonds. The molecule has 0 aliphatic rings. The first-order chi connectivity index (χ1) is 6.22. The van der Waals surface area contributed by atoms with Crippen molar-refractivity contribution in [3.05, 3.63) is 35.9 Å². The fourth-order valence-electron chi connectivity index (χ4n) is 0.778. The van der Waals surface area contributed by atoms with Gasteiger partial charge in [-0.05, 0) is 5.56 Å². The summed E-state index contributed by atoms with van der Waals surface area (Å²) in [5.41, 5.74) is 0.403. The zero-order valence-corrected chi connectivity index (χ0v) is 7.77. The molecule has 1 rings (SSSR count). The van der Waals surface area contributed by atoms with Crippen LogP contribution in [0.15, 0.2) is 30.3 Å². The highest BCUT2D eigenvalue weighted by Gasteiger charge is 2.14. The third-order valence-electron chi connectivity index (χ3n) is 1.35. The summed E-state index contributed by atoms with van der Waals surface area (Å²) in [4.78, 5) is 10.2. The van der Waals surface area contributed by atoms with Gasteiger partial charge in [0.15, 0.2) is 6.10 Å². The van der Waals surface area contributed by atoms with E-state index in [1.165, 1.54) is 0 Å². The minimum Gasteiger partial charge on any atom is -0.479 e. The van der Waals surface area contributed by atoms with Gasteiger partial charge in [0.1, 0.15) is 0 Å². The van der Waals surface area contributed by atoms with Crippen LogP contribution in [0.4, 0.5) is 0 Å². The SMILES string of the molecule is CC.O=C(O)C(O)c1ccccc1. The molecule has 1 atom stereocenters. The summed E-state index contributed by atoms with van der Waals surface area (Å²) in [6, 6.07) is 8.26. The van der Waals surface area contributed by atoms with Gasteiger partial charge in [0.05, 0.1) is 0 Å². The lowest BCUT2D eigenvalue weighted by molar-refractivity contribution is -0.146. The number of hydrogen-bond acceptors (Lipinski definition) is 2. The molecular weight excluding hydrogens is 168 g/mol. The molecule has 0 saturated carbocycles. The first-order valence-corrected chi connectivity index (χ1v) is 4.17. The van der Waals surface area contributed by atoms with Crippen LogP contribution in [0.3, 0.4) is 0 Å². The molecule has 0 aliphatic carbocycles. The summed E-state index contributed by atoms with van der Waals surface area (Å²) in [6.45, 7) is 4.00. The van der Waals surface area contributed by atoms with Crippen LogP contribution in [0.1, 0.15) is 25.5 Å². The van der Waals surface area contributed by atoms with Crippen LogP contribution < -0.4 is 0 Å². The van der Waals surface area contributed by atoms with E-state index in [0.29, 0.717) is 5.56 Å². The maximum atomic E-state index is 10.2. The van der Waals surface area contributed by atoms with E-state index in [1.54, 1.807) is 30.3 Å². The van der Waals surface area contributed by atoms with E-state index < -0.39 is 12.1 Å². The Bertz CT molecular complexity index is 244. The van der Waals surface area contributed by atoms with Gasteiger partial charge in [0.2, 0.25) is 0 Å². The normalized spacial score (nSPS) is 11.0. The molecule has 0 saturated heterocycles. The van der Waals surface area contributed by atoms with Crippen LogP contribution >= 0.6 is 0 Å². The Balaban J connectivity index is 0.000000671. The van der Waals surface area contributed by atoms with Crippen LogP contribution in [0.25, 0.3) is 0 Å². The van der Waals surface area contributed by atoms with E-state index >= 15 is 0 Å². The molecule has 1 aromatic rings. The Morgan fingerprint density at radius 2 is 1.69 bits per heavy atom. The Morgan fingerprint density at radius 3 is 2.08 bits per heavy atom. The minimum absolute atomic E-state index is 0.403. The van der Waals surface area contributed by atoms with Crippen molar-refractivity contribution in [2.75, 3.05) is 0 Å². The number of hydrogen-bond donors (Lipinski definition) is 2. The molecule has 0 spiro atoms. The van der Waals surface area contributed by atoms with Gasteiger partial charge in [0.25, 0.3) is 0 Å². The summed E-state index contributed by atoms with van der Waals surface area (Å²) in [7, 11) is 0. The van der Waals surface area contributed by atoms with Crippen molar-refractivity contribution in [2.24, 2.45) is 0 Å².